The summed E-state index contributed by atoms with van der Waals surface area (Å²) in [4.78, 5) is 16.2. The Labute approximate surface area is 220 Å². The average Bonchev–Trinajstić information content (AvgIpc) is 2.91. The minimum atomic E-state index is 0.303. The lowest BCUT2D eigenvalue weighted by atomic mass is 10.2. The Kier molecular flexibility index (Phi) is 10.00. The van der Waals surface area contributed by atoms with Gasteiger partial charge in [-0.2, -0.15) is 15.2 Å². The molecule has 9 nitrogen and oxygen atoms in total. The first-order chi connectivity index (χ1) is 17.9. The molecule has 4 aromatic rings. The van der Waals surface area contributed by atoms with Crippen molar-refractivity contribution in [3.05, 3.63) is 94.3 Å². The highest BCUT2D eigenvalue weighted by Crippen LogP contribution is 2.17. The number of benzene rings is 2. The van der Waals surface area contributed by atoms with Gasteiger partial charge in [-0.1, -0.05) is 35.9 Å². The van der Waals surface area contributed by atoms with E-state index in [0.717, 1.165) is 22.6 Å². The molecule has 0 bridgehead atoms. The van der Waals surface area contributed by atoms with Crippen LogP contribution in [0.1, 0.15) is 28.5 Å². The van der Waals surface area contributed by atoms with Crippen LogP contribution in [0.2, 0.25) is 5.15 Å². The number of hydrogen-bond acceptors (Lipinski definition) is 9. The summed E-state index contributed by atoms with van der Waals surface area (Å²) in [5.74, 6) is 3.60. The number of aromatic nitrogens is 4. The maximum atomic E-state index is 8.82. The van der Waals surface area contributed by atoms with E-state index in [9.17, 15) is 0 Å². The second kappa shape index (κ2) is 13.6. The van der Waals surface area contributed by atoms with Crippen molar-refractivity contribution < 1.29 is 18.9 Å². The fourth-order valence-electron chi connectivity index (χ4n) is 3.01. The maximum absolute atomic E-state index is 8.82. The van der Waals surface area contributed by atoms with Crippen LogP contribution in [0.25, 0.3) is 0 Å². The summed E-state index contributed by atoms with van der Waals surface area (Å²) < 4.78 is 21.3. The van der Waals surface area contributed by atoms with Crippen molar-refractivity contribution >= 4 is 11.6 Å². The van der Waals surface area contributed by atoms with Gasteiger partial charge in [0.2, 0.25) is 11.8 Å². The van der Waals surface area contributed by atoms with Crippen molar-refractivity contribution in [1.29, 1.82) is 5.26 Å². The first-order valence-electron chi connectivity index (χ1n) is 11.2. The van der Waals surface area contributed by atoms with Crippen molar-refractivity contribution in [2.75, 3.05) is 14.2 Å². The number of nitriles is 1. The Morgan fingerprint density at radius 1 is 0.703 bits per heavy atom. The highest BCUT2D eigenvalue weighted by molar-refractivity contribution is 6.29. The van der Waals surface area contributed by atoms with E-state index in [0.29, 0.717) is 47.5 Å². The molecule has 0 amide bonds. The Balaban J connectivity index is 0.000000206. The Bertz CT molecular complexity index is 1320. The third kappa shape index (κ3) is 8.94. The van der Waals surface area contributed by atoms with E-state index in [1.165, 1.54) is 6.07 Å². The molecule has 2 aromatic carbocycles. The van der Waals surface area contributed by atoms with Crippen LogP contribution in [-0.4, -0.2) is 34.2 Å². The molecule has 37 heavy (non-hydrogen) atoms. The number of rotatable bonds is 8. The van der Waals surface area contributed by atoms with Crippen LogP contribution >= 0.6 is 11.6 Å². The number of aryl methyl sites for hydroxylation is 2. The molecule has 0 aliphatic rings. The van der Waals surface area contributed by atoms with E-state index in [1.807, 2.05) is 54.6 Å². The molecule has 0 fully saturated rings. The van der Waals surface area contributed by atoms with E-state index in [1.54, 1.807) is 34.1 Å². The summed E-state index contributed by atoms with van der Waals surface area (Å²) in [6.45, 7) is 4.30. The third-order valence-corrected chi connectivity index (χ3v) is 5.00. The van der Waals surface area contributed by atoms with Gasteiger partial charge in [-0.05, 0) is 49.2 Å². The van der Waals surface area contributed by atoms with Crippen molar-refractivity contribution in [3.63, 3.8) is 0 Å². The first kappa shape index (κ1) is 27.2. The molecular formula is C27H26ClN5O4. The highest BCUT2D eigenvalue weighted by Gasteiger charge is 2.04. The summed E-state index contributed by atoms with van der Waals surface area (Å²) >= 11 is 5.82. The van der Waals surface area contributed by atoms with Gasteiger partial charge in [0.1, 0.15) is 53.3 Å². The number of hydrogen-bond donors (Lipinski definition) is 0. The largest absolute Gasteiger partial charge is 0.497 e. The summed E-state index contributed by atoms with van der Waals surface area (Å²) in [6, 6.07) is 20.3. The van der Waals surface area contributed by atoms with Gasteiger partial charge in [-0.3, -0.25) is 0 Å². The predicted molar refractivity (Wildman–Crippen MR) is 138 cm³/mol. The van der Waals surface area contributed by atoms with Crippen molar-refractivity contribution in [1.82, 2.24) is 19.9 Å². The van der Waals surface area contributed by atoms with Gasteiger partial charge in [0, 0.05) is 12.1 Å². The Morgan fingerprint density at radius 3 is 1.59 bits per heavy atom. The monoisotopic (exact) mass is 519 g/mol. The molecule has 0 radical (unpaired) electrons. The normalized spacial score (nSPS) is 9.95. The van der Waals surface area contributed by atoms with E-state index < -0.39 is 0 Å². The zero-order valence-corrected chi connectivity index (χ0v) is 21.7. The molecule has 0 aliphatic heterocycles. The molecule has 0 N–H and O–H groups in total. The fraction of sp³-hybridized carbons (Fsp3) is 0.222. The number of halogens is 1. The van der Waals surface area contributed by atoms with Crippen molar-refractivity contribution in [2.45, 2.75) is 27.1 Å². The van der Waals surface area contributed by atoms with E-state index in [2.05, 4.69) is 19.9 Å². The molecule has 0 spiro atoms. The molecule has 0 saturated carbocycles. The predicted octanol–water partition coefficient (Wildman–Crippen LogP) is 5.27. The zero-order valence-electron chi connectivity index (χ0n) is 20.9. The lowest BCUT2D eigenvalue weighted by Gasteiger charge is -2.07. The number of methoxy groups -OCH3 is 2. The standard InChI is InChI=1S/C14H13N3O2.C13H13ClN2O2/c1-10-16-12(8-15)7-14(17-10)19-9-11-3-5-13(18-2)6-4-11;1-9-15-12(14)7-13(16-9)18-8-10-3-5-11(17-2)6-4-10/h3-7H,9H2,1-2H3;3-7H,8H2,1-2H3. The van der Waals surface area contributed by atoms with Gasteiger partial charge >= 0.3 is 0 Å². The Morgan fingerprint density at radius 2 is 1.16 bits per heavy atom. The minimum absolute atomic E-state index is 0.303. The van der Waals surface area contributed by atoms with Crippen LogP contribution in [-0.2, 0) is 13.2 Å². The topological polar surface area (TPSA) is 112 Å². The van der Waals surface area contributed by atoms with Crippen molar-refractivity contribution in [3.8, 4) is 29.3 Å². The minimum Gasteiger partial charge on any atom is -0.497 e. The molecule has 0 atom stereocenters. The molecule has 0 aliphatic carbocycles. The van der Waals surface area contributed by atoms with E-state index >= 15 is 0 Å². The molecular weight excluding hydrogens is 494 g/mol. The van der Waals surface area contributed by atoms with Gasteiger partial charge in [0.25, 0.3) is 0 Å². The quantitative estimate of drug-likeness (QED) is 0.287. The van der Waals surface area contributed by atoms with E-state index in [4.69, 9.17) is 35.8 Å². The van der Waals surface area contributed by atoms with Crippen LogP contribution in [0.15, 0.2) is 60.7 Å². The van der Waals surface area contributed by atoms with Gasteiger partial charge in [-0.15, -0.1) is 0 Å². The smallest absolute Gasteiger partial charge is 0.218 e. The van der Waals surface area contributed by atoms with Gasteiger partial charge in [0.15, 0.2) is 0 Å². The molecule has 0 unspecified atom stereocenters. The fourth-order valence-corrected chi connectivity index (χ4v) is 3.22. The SMILES string of the molecule is COc1ccc(COc2cc(C#N)nc(C)n2)cc1.COc1ccc(COc2cc(Cl)nc(C)n2)cc1. The van der Waals surface area contributed by atoms with Crippen LogP contribution in [0.4, 0.5) is 0 Å². The molecule has 2 heterocycles. The molecule has 0 saturated heterocycles. The molecule has 10 heteroatoms. The third-order valence-electron chi connectivity index (χ3n) is 4.80. The van der Waals surface area contributed by atoms with Crippen LogP contribution in [0, 0.1) is 25.2 Å². The second-order valence-electron chi connectivity index (χ2n) is 7.60. The highest BCUT2D eigenvalue weighted by atomic mass is 35.5. The lowest BCUT2D eigenvalue weighted by molar-refractivity contribution is 0.292. The van der Waals surface area contributed by atoms with Crippen LogP contribution < -0.4 is 18.9 Å². The average molecular weight is 520 g/mol. The zero-order chi connectivity index (χ0) is 26.6. The van der Waals surface area contributed by atoms with Gasteiger partial charge in [-0.25, -0.2) is 9.97 Å². The van der Waals surface area contributed by atoms with Crippen LogP contribution in [0.3, 0.4) is 0 Å². The van der Waals surface area contributed by atoms with Crippen molar-refractivity contribution in [2.24, 2.45) is 0 Å². The number of nitrogens with zero attached hydrogens (tertiary/aromatic N) is 5. The number of ether oxygens (including phenoxy) is 4. The summed E-state index contributed by atoms with van der Waals surface area (Å²) in [6.07, 6.45) is 0. The first-order valence-corrected chi connectivity index (χ1v) is 11.5. The van der Waals surface area contributed by atoms with E-state index in [-0.39, 0.29) is 0 Å². The molecule has 190 valence electrons. The summed E-state index contributed by atoms with van der Waals surface area (Å²) in [5.41, 5.74) is 2.33. The van der Waals surface area contributed by atoms with Gasteiger partial charge in [0.05, 0.1) is 14.2 Å². The van der Waals surface area contributed by atoms with Crippen LogP contribution in [0.5, 0.6) is 23.3 Å². The lowest BCUT2D eigenvalue weighted by Crippen LogP contribution is -2.00. The Hall–Kier alpha value is -4.42. The summed E-state index contributed by atoms with van der Waals surface area (Å²) in [7, 11) is 3.26. The summed E-state index contributed by atoms with van der Waals surface area (Å²) in [5, 5.41) is 9.20. The maximum Gasteiger partial charge on any atom is 0.218 e. The van der Waals surface area contributed by atoms with Gasteiger partial charge < -0.3 is 18.9 Å². The molecule has 2 aromatic heterocycles. The molecule has 4 rings (SSSR count). The second-order valence-corrected chi connectivity index (χ2v) is 7.99.